The van der Waals surface area contributed by atoms with Gasteiger partial charge in [0.1, 0.15) is 10.6 Å². The molecule has 0 unspecified atom stereocenters. The van der Waals surface area contributed by atoms with Crippen LogP contribution in [-0.4, -0.2) is 20.9 Å². The molecule has 1 aliphatic rings. The van der Waals surface area contributed by atoms with Crippen LogP contribution in [0.5, 0.6) is 5.75 Å². The summed E-state index contributed by atoms with van der Waals surface area (Å²) in [4.78, 5) is 12.9. The molecule has 1 amide bonds. The van der Waals surface area contributed by atoms with Crippen LogP contribution in [-0.2, 0) is 21.1 Å². The van der Waals surface area contributed by atoms with Crippen molar-refractivity contribution in [1.82, 2.24) is 0 Å². The van der Waals surface area contributed by atoms with Crippen molar-refractivity contribution in [3.63, 3.8) is 0 Å². The van der Waals surface area contributed by atoms with Crippen molar-refractivity contribution in [2.45, 2.75) is 23.9 Å². The third kappa shape index (κ3) is 3.82. The van der Waals surface area contributed by atoms with Crippen molar-refractivity contribution in [2.24, 2.45) is 0 Å². The number of anilines is 1. The molecule has 2 aromatic carbocycles. The van der Waals surface area contributed by atoms with Crippen LogP contribution >= 0.6 is 0 Å². The van der Waals surface area contributed by atoms with E-state index in [1.54, 1.807) is 17.0 Å². The van der Waals surface area contributed by atoms with E-state index in [0.717, 1.165) is 18.6 Å². The molecule has 1 saturated heterocycles. The van der Waals surface area contributed by atoms with Crippen LogP contribution in [0, 0.1) is 0 Å². The molecule has 2 aromatic rings. The summed E-state index contributed by atoms with van der Waals surface area (Å²) in [5, 5.41) is 0. The molecule has 0 bridgehead atoms. The van der Waals surface area contributed by atoms with E-state index >= 15 is 0 Å². The monoisotopic (exact) mass is 385 g/mol. The van der Waals surface area contributed by atoms with Gasteiger partial charge in [0.05, 0.1) is 5.56 Å². The molecule has 26 heavy (non-hydrogen) atoms. The number of alkyl halides is 3. The lowest BCUT2D eigenvalue weighted by molar-refractivity contribution is -0.137. The number of benzene rings is 2. The summed E-state index contributed by atoms with van der Waals surface area (Å²) in [6.45, 7) is 0.600. The molecule has 3 rings (SSSR count). The Balaban J connectivity index is 1.76. The molecule has 1 fully saturated rings. The summed E-state index contributed by atoms with van der Waals surface area (Å²) >= 11 is 0. The number of carbonyl (C=O) groups excluding carboxylic acids is 1. The maximum Gasteiger partial charge on any atom is 0.416 e. The van der Waals surface area contributed by atoms with Gasteiger partial charge in [-0.2, -0.15) is 21.6 Å². The van der Waals surface area contributed by atoms with E-state index in [-0.39, 0.29) is 16.6 Å². The van der Waals surface area contributed by atoms with Crippen molar-refractivity contribution >= 4 is 21.7 Å². The second-order valence-electron chi connectivity index (χ2n) is 5.70. The lowest BCUT2D eigenvalue weighted by Gasteiger charge is -2.16. The molecule has 5 nitrogen and oxygen atoms in total. The predicted molar refractivity (Wildman–Crippen MR) is 87.3 cm³/mol. The summed E-state index contributed by atoms with van der Waals surface area (Å²) in [5.74, 6) is -0.00339. The smallest absolute Gasteiger partial charge is 0.379 e. The fraction of sp³-hybridized carbons (Fsp3) is 0.235. The molecule has 0 N–H and O–H groups in total. The molecule has 1 aliphatic heterocycles. The Morgan fingerprint density at radius 3 is 2.08 bits per heavy atom. The minimum absolute atomic E-state index is 0.000272. The first kappa shape index (κ1) is 18.2. The average molecular weight is 385 g/mol. The van der Waals surface area contributed by atoms with Crippen LogP contribution in [0.25, 0.3) is 0 Å². The van der Waals surface area contributed by atoms with Gasteiger partial charge >= 0.3 is 16.3 Å². The van der Waals surface area contributed by atoms with E-state index in [4.69, 9.17) is 4.18 Å². The summed E-state index contributed by atoms with van der Waals surface area (Å²) in [6, 6.07) is 8.94. The fourth-order valence-corrected chi connectivity index (χ4v) is 3.52. The highest BCUT2D eigenvalue weighted by atomic mass is 32.2. The summed E-state index contributed by atoms with van der Waals surface area (Å²) < 4.78 is 67.0. The SMILES string of the molecule is O=C1CCCN1c1ccc(OS(=O)(=O)c2ccc(C(F)(F)F)cc2)cc1. The van der Waals surface area contributed by atoms with Gasteiger partial charge in [-0.25, -0.2) is 0 Å². The molecule has 0 aliphatic carbocycles. The first-order valence-electron chi connectivity index (χ1n) is 7.69. The minimum Gasteiger partial charge on any atom is -0.379 e. The van der Waals surface area contributed by atoms with Gasteiger partial charge in [-0.15, -0.1) is 0 Å². The van der Waals surface area contributed by atoms with E-state index in [9.17, 15) is 26.4 Å². The highest BCUT2D eigenvalue weighted by Crippen LogP contribution is 2.30. The van der Waals surface area contributed by atoms with Gasteiger partial charge in [0.15, 0.2) is 0 Å². The first-order valence-corrected chi connectivity index (χ1v) is 9.10. The van der Waals surface area contributed by atoms with Crippen LogP contribution in [0.1, 0.15) is 18.4 Å². The van der Waals surface area contributed by atoms with Gasteiger partial charge < -0.3 is 9.08 Å². The van der Waals surface area contributed by atoms with Crippen molar-refractivity contribution < 1.29 is 30.6 Å². The van der Waals surface area contributed by atoms with E-state index < -0.39 is 21.9 Å². The van der Waals surface area contributed by atoms with Gasteiger partial charge in [0, 0.05) is 18.7 Å². The second-order valence-corrected chi connectivity index (χ2v) is 7.25. The molecule has 0 saturated carbocycles. The normalized spacial score (nSPS) is 15.3. The zero-order valence-corrected chi connectivity index (χ0v) is 14.2. The summed E-state index contributed by atoms with van der Waals surface area (Å²) in [6.07, 6.45) is -3.31. The molecule has 0 atom stereocenters. The molecule has 138 valence electrons. The van der Waals surface area contributed by atoms with Crippen LogP contribution in [0.2, 0.25) is 0 Å². The Morgan fingerprint density at radius 2 is 1.58 bits per heavy atom. The molecule has 0 aromatic heterocycles. The predicted octanol–water partition coefficient (Wildman–Crippen LogP) is 3.60. The van der Waals surface area contributed by atoms with E-state index in [1.807, 2.05) is 0 Å². The Hall–Kier alpha value is -2.55. The number of halogens is 3. The average Bonchev–Trinajstić information content (AvgIpc) is 3.01. The minimum atomic E-state index is -4.55. The number of hydrogen-bond acceptors (Lipinski definition) is 4. The van der Waals surface area contributed by atoms with Crippen LogP contribution in [0.4, 0.5) is 18.9 Å². The third-order valence-electron chi connectivity index (χ3n) is 3.90. The lowest BCUT2D eigenvalue weighted by atomic mass is 10.2. The Morgan fingerprint density at radius 1 is 0.962 bits per heavy atom. The Bertz CT molecular complexity index is 907. The fourth-order valence-electron chi connectivity index (χ4n) is 2.59. The van der Waals surface area contributed by atoms with Crippen molar-refractivity contribution in [1.29, 1.82) is 0 Å². The molecular weight excluding hydrogens is 371 g/mol. The van der Waals surface area contributed by atoms with Gasteiger partial charge in [0.2, 0.25) is 5.91 Å². The summed E-state index contributed by atoms with van der Waals surface area (Å²) in [7, 11) is -4.27. The second kappa shape index (κ2) is 6.64. The molecule has 9 heteroatoms. The van der Waals surface area contributed by atoms with Gasteiger partial charge in [-0.05, 0) is 55.0 Å². The maximum atomic E-state index is 12.5. The third-order valence-corrected chi connectivity index (χ3v) is 5.16. The zero-order chi connectivity index (χ0) is 18.9. The van der Waals surface area contributed by atoms with Crippen molar-refractivity contribution in [3.05, 3.63) is 54.1 Å². The van der Waals surface area contributed by atoms with Gasteiger partial charge in [-0.3, -0.25) is 4.79 Å². The Kier molecular flexibility index (Phi) is 4.66. The van der Waals surface area contributed by atoms with E-state index in [2.05, 4.69) is 0 Å². The highest BCUT2D eigenvalue weighted by Gasteiger charge is 2.31. The number of carbonyl (C=O) groups is 1. The number of nitrogens with zero attached hydrogens (tertiary/aromatic N) is 1. The maximum absolute atomic E-state index is 12.5. The van der Waals surface area contributed by atoms with Crippen molar-refractivity contribution in [3.8, 4) is 5.75 Å². The number of hydrogen-bond donors (Lipinski definition) is 0. The van der Waals surface area contributed by atoms with E-state index in [0.29, 0.717) is 30.8 Å². The molecule has 0 spiro atoms. The van der Waals surface area contributed by atoms with Crippen LogP contribution in [0.3, 0.4) is 0 Å². The highest BCUT2D eigenvalue weighted by molar-refractivity contribution is 7.87. The van der Waals surface area contributed by atoms with Crippen LogP contribution in [0.15, 0.2) is 53.4 Å². The summed E-state index contributed by atoms with van der Waals surface area (Å²) in [5.41, 5.74) is -0.317. The van der Waals surface area contributed by atoms with Gasteiger partial charge in [-0.1, -0.05) is 0 Å². The molecule has 0 radical (unpaired) electrons. The zero-order valence-electron chi connectivity index (χ0n) is 13.4. The van der Waals surface area contributed by atoms with E-state index in [1.165, 1.54) is 12.1 Å². The number of rotatable bonds is 4. The Labute approximate surface area is 148 Å². The topological polar surface area (TPSA) is 63.7 Å². The largest absolute Gasteiger partial charge is 0.416 e. The molecular formula is C17H14F3NO4S. The molecule has 1 heterocycles. The standard InChI is InChI=1S/C17H14F3NO4S/c18-17(19,20)12-3-9-15(10-4-12)26(23,24)25-14-7-5-13(6-8-14)21-11-1-2-16(21)22/h3-10H,1-2,11H2. The number of amides is 1. The van der Waals surface area contributed by atoms with Crippen LogP contribution < -0.4 is 9.08 Å². The quantitative estimate of drug-likeness (QED) is 0.755. The first-order chi connectivity index (χ1) is 12.2. The lowest BCUT2D eigenvalue weighted by Crippen LogP contribution is -2.23. The van der Waals surface area contributed by atoms with Crippen molar-refractivity contribution in [2.75, 3.05) is 11.4 Å². The van der Waals surface area contributed by atoms with Gasteiger partial charge in [0.25, 0.3) is 0 Å².